The monoisotopic (exact) mass is 522 g/mol. The Kier molecular flexibility index (Phi) is 6.86. The van der Waals surface area contributed by atoms with Gasteiger partial charge < -0.3 is 9.30 Å². The number of carbonyl (C=O) groups is 2. The maximum atomic E-state index is 13.0. The number of carbonyl (C=O) groups excluding carboxylic acids is 2. The van der Waals surface area contributed by atoms with Crippen LogP contribution < -0.4 is 4.74 Å². The number of rotatable bonds is 7. The highest BCUT2D eigenvalue weighted by Gasteiger charge is 2.35. The molecule has 1 aliphatic heterocycles. The zero-order chi connectivity index (χ0) is 24.4. The van der Waals surface area contributed by atoms with Crippen LogP contribution in [0.5, 0.6) is 5.75 Å². The Hall–Kier alpha value is -3.19. The molecule has 8 heteroatoms. The highest BCUT2D eigenvalue weighted by atomic mass is 35.5. The van der Waals surface area contributed by atoms with E-state index < -0.39 is 0 Å². The second-order valence-corrected chi connectivity index (χ2v) is 9.74. The Balaban J connectivity index is 1.36. The van der Waals surface area contributed by atoms with Crippen molar-refractivity contribution in [3.8, 4) is 5.75 Å². The third-order valence-corrected chi connectivity index (χ3v) is 7.28. The summed E-state index contributed by atoms with van der Waals surface area (Å²) in [6, 6.07) is 22.8. The molecule has 35 heavy (non-hydrogen) atoms. The molecular formula is C27H20Cl2N2O3S. The van der Waals surface area contributed by atoms with Gasteiger partial charge in [0.15, 0.2) is 0 Å². The molecule has 4 aromatic rings. The van der Waals surface area contributed by atoms with Gasteiger partial charge in [-0.15, -0.1) is 0 Å². The van der Waals surface area contributed by atoms with Gasteiger partial charge in [0, 0.05) is 34.2 Å². The van der Waals surface area contributed by atoms with Crippen LogP contribution >= 0.6 is 35.0 Å². The van der Waals surface area contributed by atoms with Crippen molar-refractivity contribution in [1.82, 2.24) is 9.47 Å². The predicted octanol–water partition coefficient (Wildman–Crippen LogP) is 7.11. The lowest BCUT2D eigenvalue weighted by Crippen LogP contribution is -2.32. The number of thioether (sulfide) groups is 1. The van der Waals surface area contributed by atoms with Crippen LogP contribution in [0.2, 0.25) is 10.0 Å². The van der Waals surface area contributed by atoms with Crippen molar-refractivity contribution in [2.24, 2.45) is 0 Å². The molecule has 0 atom stereocenters. The largest absolute Gasteiger partial charge is 0.490 e. The van der Waals surface area contributed by atoms with Crippen molar-refractivity contribution in [3.63, 3.8) is 0 Å². The average Bonchev–Trinajstić information content (AvgIpc) is 3.33. The SMILES string of the molecule is O=C1S/C(=C\c2cn(Cc3ccccc3Cl)c3ccccc23)C(=O)N1CCOc1ccccc1Cl. The molecule has 1 aliphatic rings. The van der Waals surface area contributed by atoms with Gasteiger partial charge in [-0.2, -0.15) is 0 Å². The number of benzene rings is 3. The number of aromatic nitrogens is 1. The van der Waals surface area contributed by atoms with Gasteiger partial charge in [-0.25, -0.2) is 0 Å². The molecule has 0 aliphatic carbocycles. The van der Waals surface area contributed by atoms with E-state index in [1.807, 2.05) is 66.9 Å². The van der Waals surface area contributed by atoms with Crippen molar-refractivity contribution in [2.45, 2.75) is 6.54 Å². The second kappa shape index (κ2) is 10.2. The first-order valence-corrected chi connectivity index (χ1v) is 12.5. The quantitative estimate of drug-likeness (QED) is 0.242. The summed E-state index contributed by atoms with van der Waals surface area (Å²) >= 11 is 13.4. The van der Waals surface area contributed by atoms with Crippen molar-refractivity contribution in [3.05, 3.63) is 105 Å². The lowest BCUT2D eigenvalue weighted by atomic mass is 10.1. The van der Waals surface area contributed by atoms with Gasteiger partial charge in [-0.1, -0.05) is 71.7 Å². The molecule has 1 fully saturated rings. The summed E-state index contributed by atoms with van der Waals surface area (Å²) in [6.07, 6.45) is 3.77. The van der Waals surface area contributed by atoms with E-state index >= 15 is 0 Å². The minimum atomic E-state index is -0.328. The maximum Gasteiger partial charge on any atom is 0.293 e. The first-order valence-electron chi connectivity index (χ1n) is 11.0. The van der Waals surface area contributed by atoms with Crippen LogP contribution in [0, 0.1) is 0 Å². The molecule has 0 N–H and O–H groups in total. The minimum Gasteiger partial charge on any atom is -0.490 e. The molecule has 176 valence electrons. The lowest BCUT2D eigenvalue weighted by molar-refractivity contribution is -0.123. The number of ether oxygens (including phenoxy) is 1. The number of para-hydroxylation sites is 2. The smallest absolute Gasteiger partial charge is 0.293 e. The molecular weight excluding hydrogens is 503 g/mol. The zero-order valence-corrected chi connectivity index (χ0v) is 20.8. The highest BCUT2D eigenvalue weighted by Crippen LogP contribution is 2.34. The molecule has 0 spiro atoms. The fraction of sp³-hybridized carbons (Fsp3) is 0.111. The summed E-state index contributed by atoms with van der Waals surface area (Å²) in [5.74, 6) is 0.189. The standard InChI is InChI=1S/C27H20Cl2N2O3S/c28-21-9-3-1-7-18(21)16-30-17-19(20-8-2-5-11-23(20)30)15-25-26(32)31(27(33)35-25)13-14-34-24-12-6-4-10-22(24)29/h1-12,15,17H,13-14,16H2/b25-15-. The molecule has 0 bridgehead atoms. The normalized spacial score (nSPS) is 14.9. The number of imide groups is 1. The summed E-state index contributed by atoms with van der Waals surface area (Å²) < 4.78 is 7.76. The van der Waals surface area contributed by atoms with Gasteiger partial charge in [-0.05, 0) is 47.7 Å². The maximum absolute atomic E-state index is 13.0. The molecule has 5 nitrogen and oxygen atoms in total. The van der Waals surface area contributed by atoms with Crippen molar-refractivity contribution < 1.29 is 14.3 Å². The van der Waals surface area contributed by atoms with E-state index in [2.05, 4.69) is 4.57 Å². The molecule has 2 heterocycles. The molecule has 0 saturated carbocycles. The van der Waals surface area contributed by atoms with Crippen LogP contribution in [0.15, 0.2) is 83.9 Å². The van der Waals surface area contributed by atoms with E-state index in [4.69, 9.17) is 27.9 Å². The Bertz CT molecular complexity index is 1460. The van der Waals surface area contributed by atoms with Crippen LogP contribution in [0.3, 0.4) is 0 Å². The van der Waals surface area contributed by atoms with Gasteiger partial charge in [0.2, 0.25) is 0 Å². The van der Waals surface area contributed by atoms with E-state index in [-0.39, 0.29) is 24.3 Å². The Morgan fingerprint density at radius 1 is 0.886 bits per heavy atom. The van der Waals surface area contributed by atoms with Crippen LogP contribution in [0.1, 0.15) is 11.1 Å². The first-order chi connectivity index (χ1) is 17.0. The minimum absolute atomic E-state index is 0.140. The number of hydrogen-bond acceptors (Lipinski definition) is 4. The van der Waals surface area contributed by atoms with Crippen molar-refractivity contribution in [2.75, 3.05) is 13.2 Å². The van der Waals surface area contributed by atoms with E-state index in [0.717, 1.165) is 33.8 Å². The second-order valence-electron chi connectivity index (χ2n) is 7.93. The van der Waals surface area contributed by atoms with Crippen LogP contribution in [0.4, 0.5) is 4.79 Å². The summed E-state index contributed by atoms with van der Waals surface area (Å²) in [6.45, 7) is 0.891. The topological polar surface area (TPSA) is 51.5 Å². The third kappa shape index (κ3) is 4.96. The number of hydrogen-bond donors (Lipinski definition) is 0. The van der Waals surface area contributed by atoms with Crippen LogP contribution in [-0.2, 0) is 11.3 Å². The van der Waals surface area contributed by atoms with Gasteiger partial charge >= 0.3 is 0 Å². The zero-order valence-electron chi connectivity index (χ0n) is 18.5. The highest BCUT2D eigenvalue weighted by molar-refractivity contribution is 8.18. The molecule has 3 aromatic carbocycles. The Morgan fingerprint density at radius 3 is 2.40 bits per heavy atom. The first kappa shape index (κ1) is 23.5. The molecule has 0 unspecified atom stereocenters. The number of amides is 2. The Morgan fingerprint density at radius 2 is 1.60 bits per heavy atom. The molecule has 1 saturated heterocycles. The number of fused-ring (bicyclic) bond motifs is 1. The summed E-state index contributed by atoms with van der Waals surface area (Å²) in [5.41, 5.74) is 2.89. The van der Waals surface area contributed by atoms with Gasteiger partial charge in [0.1, 0.15) is 12.4 Å². The van der Waals surface area contributed by atoms with Gasteiger partial charge in [0.25, 0.3) is 11.1 Å². The van der Waals surface area contributed by atoms with E-state index in [1.165, 1.54) is 4.90 Å². The molecule has 2 amide bonds. The lowest BCUT2D eigenvalue weighted by Gasteiger charge is -2.13. The molecule has 0 radical (unpaired) electrons. The molecule has 5 rings (SSSR count). The fourth-order valence-electron chi connectivity index (χ4n) is 3.97. The number of halogens is 2. The van der Waals surface area contributed by atoms with E-state index in [9.17, 15) is 9.59 Å². The predicted molar refractivity (Wildman–Crippen MR) is 142 cm³/mol. The van der Waals surface area contributed by atoms with Gasteiger partial charge in [0.05, 0.1) is 16.5 Å². The average molecular weight is 523 g/mol. The number of nitrogens with zero attached hydrogens (tertiary/aromatic N) is 2. The molecule has 1 aromatic heterocycles. The summed E-state index contributed by atoms with van der Waals surface area (Å²) in [4.78, 5) is 27.2. The summed E-state index contributed by atoms with van der Waals surface area (Å²) in [5, 5.41) is 1.86. The van der Waals surface area contributed by atoms with Crippen molar-refractivity contribution in [1.29, 1.82) is 0 Å². The van der Waals surface area contributed by atoms with E-state index in [0.29, 0.717) is 27.2 Å². The van der Waals surface area contributed by atoms with Crippen LogP contribution in [0.25, 0.3) is 17.0 Å². The van der Waals surface area contributed by atoms with Crippen LogP contribution in [-0.4, -0.2) is 33.8 Å². The third-order valence-electron chi connectivity index (χ3n) is 5.69. The van der Waals surface area contributed by atoms with E-state index in [1.54, 1.807) is 18.2 Å². The van der Waals surface area contributed by atoms with Gasteiger partial charge in [-0.3, -0.25) is 14.5 Å². The summed E-state index contributed by atoms with van der Waals surface area (Å²) in [7, 11) is 0. The fourth-order valence-corrected chi connectivity index (χ4v) is 5.22. The van der Waals surface area contributed by atoms with Crippen molar-refractivity contribution >= 4 is 63.1 Å². The Labute approximate surface area is 216 Å².